The van der Waals surface area contributed by atoms with Crippen LogP contribution in [0.1, 0.15) is 11.1 Å². The van der Waals surface area contributed by atoms with Gasteiger partial charge in [-0.2, -0.15) is 15.1 Å². The SMILES string of the molecule is COc1cc(C=C2C(=N)N3N=C(c4cccnc4)SC3=NC2=O)ccc1OCCOc1ccccc1. The minimum atomic E-state index is -0.501. The van der Waals surface area contributed by atoms with Crippen LogP contribution in [0.25, 0.3) is 6.08 Å². The number of pyridine rings is 1. The summed E-state index contributed by atoms with van der Waals surface area (Å²) in [6.45, 7) is 0.705. The largest absolute Gasteiger partial charge is 0.493 e. The molecule has 2 aliphatic rings. The first kappa shape index (κ1) is 23.3. The van der Waals surface area contributed by atoms with Gasteiger partial charge in [-0.15, -0.1) is 0 Å². The van der Waals surface area contributed by atoms with Crippen LogP contribution in [0.3, 0.4) is 0 Å². The number of aromatic nitrogens is 1. The van der Waals surface area contributed by atoms with Crippen molar-refractivity contribution in [2.24, 2.45) is 10.1 Å². The number of fused-ring (bicyclic) bond motifs is 1. The average Bonchev–Trinajstić information content (AvgIpc) is 3.35. The Morgan fingerprint density at radius 3 is 2.64 bits per heavy atom. The van der Waals surface area contributed by atoms with Gasteiger partial charge in [0.25, 0.3) is 5.91 Å². The normalized spacial score (nSPS) is 15.9. The summed E-state index contributed by atoms with van der Waals surface area (Å²) >= 11 is 1.23. The number of rotatable bonds is 8. The number of thioether (sulfide) groups is 1. The van der Waals surface area contributed by atoms with Gasteiger partial charge in [-0.3, -0.25) is 15.2 Å². The van der Waals surface area contributed by atoms with Crippen molar-refractivity contribution in [3.8, 4) is 17.2 Å². The molecule has 9 nitrogen and oxygen atoms in total. The van der Waals surface area contributed by atoms with E-state index in [1.165, 1.54) is 16.8 Å². The van der Waals surface area contributed by atoms with Gasteiger partial charge in [-0.1, -0.05) is 24.3 Å². The number of amidine groups is 2. The quantitative estimate of drug-likeness (QED) is 0.365. The fourth-order valence-electron chi connectivity index (χ4n) is 3.49. The van der Waals surface area contributed by atoms with E-state index in [1.807, 2.05) is 36.4 Å². The Kier molecular flexibility index (Phi) is 6.76. The van der Waals surface area contributed by atoms with E-state index in [9.17, 15) is 4.79 Å². The van der Waals surface area contributed by atoms with E-state index < -0.39 is 5.91 Å². The lowest BCUT2D eigenvalue weighted by Gasteiger charge is -2.20. The molecule has 0 atom stereocenters. The van der Waals surface area contributed by atoms with Crippen molar-refractivity contribution < 1.29 is 19.0 Å². The van der Waals surface area contributed by atoms with Crippen LogP contribution in [-0.2, 0) is 4.79 Å². The first-order valence-corrected chi connectivity index (χ1v) is 11.8. The number of amides is 1. The van der Waals surface area contributed by atoms with Crippen molar-refractivity contribution >= 4 is 39.8 Å². The maximum Gasteiger partial charge on any atom is 0.283 e. The highest BCUT2D eigenvalue weighted by atomic mass is 32.2. The van der Waals surface area contributed by atoms with E-state index in [0.717, 1.165) is 11.3 Å². The Morgan fingerprint density at radius 1 is 1.03 bits per heavy atom. The topological polar surface area (TPSA) is 109 Å². The van der Waals surface area contributed by atoms with Crippen LogP contribution in [0.5, 0.6) is 17.2 Å². The van der Waals surface area contributed by atoms with Gasteiger partial charge in [-0.25, -0.2) is 0 Å². The fraction of sp³-hybridized carbons (Fsp3) is 0.115. The molecule has 36 heavy (non-hydrogen) atoms. The molecule has 1 N–H and O–H groups in total. The van der Waals surface area contributed by atoms with Gasteiger partial charge < -0.3 is 14.2 Å². The molecule has 0 saturated heterocycles. The van der Waals surface area contributed by atoms with Crippen molar-refractivity contribution in [3.63, 3.8) is 0 Å². The number of hydrogen-bond acceptors (Lipinski definition) is 8. The molecule has 1 aromatic heterocycles. The zero-order valence-corrected chi connectivity index (χ0v) is 20.1. The van der Waals surface area contributed by atoms with E-state index in [-0.39, 0.29) is 11.4 Å². The zero-order chi connectivity index (χ0) is 24.9. The molecule has 0 unspecified atom stereocenters. The molecule has 2 aromatic carbocycles. The standard InChI is InChI=1S/C26H21N5O4S/c1-33-22-15-17(9-10-21(22)35-13-12-34-19-7-3-2-4-8-19)14-20-23(27)31-26(29-24(20)32)36-25(30-31)18-6-5-11-28-16-18/h2-11,14-16,27H,12-13H2,1H3. The molecule has 3 heterocycles. The number of aliphatic imine (C=N–C) groups is 1. The molecule has 2 aliphatic heterocycles. The third kappa shape index (κ3) is 4.98. The lowest BCUT2D eigenvalue weighted by Crippen LogP contribution is -2.35. The summed E-state index contributed by atoms with van der Waals surface area (Å²) in [4.78, 5) is 21.0. The first-order chi connectivity index (χ1) is 17.6. The van der Waals surface area contributed by atoms with Crippen molar-refractivity contribution in [3.05, 3.63) is 89.8 Å². The molecule has 10 heteroatoms. The summed E-state index contributed by atoms with van der Waals surface area (Å²) < 4.78 is 16.9. The summed E-state index contributed by atoms with van der Waals surface area (Å²) in [5, 5.41) is 15.4. The number of hydrogen-bond donors (Lipinski definition) is 1. The van der Waals surface area contributed by atoms with Crippen LogP contribution in [0, 0.1) is 5.41 Å². The fourth-order valence-corrected chi connectivity index (χ4v) is 4.37. The van der Waals surface area contributed by atoms with Gasteiger partial charge in [0, 0.05) is 18.0 Å². The van der Waals surface area contributed by atoms with Crippen molar-refractivity contribution in [1.29, 1.82) is 5.41 Å². The molecule has 3 aromatic rings. The maximum absolute atomic E-state index is 12.7. The Labute approximate surface area is 211 Å². The van der Waals surface area contributed by atoms with Crippen molar-refractivity contribution in [1.82, 2.24) is 9.99 Å². The highest BCUT2D eigenvalue weighted by molar-refractivity contribution is 8.27. The molecular weight excluding hydrogens is 478 g/mol. The number of carbonyl (C=O) groups is 1. The van der Waals surface area contributed by atoms with Crippen molar-refractivity contribution in [2.75, 3.05) is 20.3 Å². The predicted octanol–water partition coefficient (Wildman–Crippen LogP) is 4.22. The Hall–Kier alpha value is -4.44. The van der Waals surface area contributed by atoms with E-state index in [4.69, 9.17) is 19.6 Å². The lowest BCUT2D eigenvalue weighted by molar-refractivity contribution is -0.114. The molecule has 0 fully saturated rings. The third-order valence-corrected chi connectivity index (χ3v) is 6.17. The number of para-hydroxylation sites is 1. The molecule has 5 rings (SSSR count). The van der Waals surface area contributed by atoms with Gasteiger partial charge in [0.05, 0.1) is 12.7 Å². The van der Waals surface area contributed by atoms with Crippen LogP contribution in [-0.4, -0.2) is 52.3 Å². The van der Waals surface area contributed by atoms with Crippen molar-refractivity contribution in [2.45, 2.75) is 0 Å². The average molecular weight is 500 g/mol. The van der Waals surface area contributed by atoms with Gasteiger partial charge in [-0.05, 0) is 59.8 Å². The summed E-state index contributed by atoms with van der Waals surface area (Å²) in [6.07, 6.45) is 4.94. The van der Waals surface area contributed by atoms with Crippen LogP contribution in [0.15, 0.2) is 88.7 Å². The number of nitrogens with zero attached hydrogens (tertiary/aromatic N) is 4. The summed E-state index contributed by atoms with van der Waals surface area (Å²) in [6, 6.07) is 18.4. The monoisotopic (exact) mass is 499 g/mol. The molecule has 0 spiro atoms. The molecule has 0 radical (unpaired) electrons. The van der Waals surface area contributed by atoms with E-state index in [0.29, 0.717) is 40.5 Å². The number of benzene rings is 2. The van der Waals surface area contributed by atoms with E-state index >= 15 is 0 Å². The smallest absolute Gasteiger partial charge is 0.283 e. The summed E-state index contributed by atoms with van der Waals surface area (Å²) in [7, 11) is 1.54. The number of hydrazone groups is 1. The minimum Gasteiger partial charge on any atom is -0.493 e. The molecule has 0 aliphatic carbocycles. The van der Waals surface area contributed by atoms with Crippen LogP contribution in [0.4, 0.5) is 0 Å². The third-order valence-electron chi connectivity index (χ3n) is 5.21. The second kappa shape index (κ2) is 10.4. The first-order valence-electron chi connectivity index (χ1n) is 11.0. The van der Waals surface area contributed by atoms with Gasteiger partial charge >= 0.3 is 0 Å². The Bertz CT molecular complexity index is 1390. The molecular formula is C26H21N5O4S. The molecule has 1 amide bonds. The maximum atomic E-state index is 12.7. The highest BCUT2D eigenvalue weighted by Crippen LogP contribution is 2.32. The van der Waals surface area contributed by atoms with Crippen LogP contribution >= 0.6 is 11.8 Å². The van der Waals surface area contributed by atoms with Crippen LogP contribution < -0.4 is 14.2 Å². The second-order valence-electron chi connectivity index (χ2n) is 7.59. The zero-order valence-electron chi connectivity index (χ0n) is 19.2. The Morgan fingerprint density at radius 2 is 1.86 bits per heavy atom. The molecule has 0 saturated carbocycles. The number of nitrogens with one attached hydrogen (secondary N) is 1. The second-order valence-corrected chi connectivity index (χ2v) is 8.54. The number of carbonyl (C=O) groups excluding carboxylic acids is 1. The number of methoxy groups -OCH3 is 1. The van der Waals surface area contributed by atoms with E-state index in [1.54, 1.807) is 49.8 Å². The molecule has 180 valence electrons. The lowest BCUT2D eigenvalue weighted by atomic mass is 10.1. The summed E-state index contributed by atoms with van der Waals surface area (Å²) in [5.74, 6) is 1.27. The minimum absolute atomic E-state index is 0.0475. The molecule has 0 bridgehead atoms. The number of ether oxygens (including phenoxy) is 3. The van der Waals surface area contributed by atoms with Gasteiger partial charge in [0.15, 0.2) is 17.3 Å². The van der Waals surface area contributed by atoms with Gasteiger partial charge in [0.2, 0.25) is 5.17 Å². The van der Waals surface area contributed by atoms with E-state index in [2.05, 4.69) is 15.1 Å². The summed E-state index contributed by atoms with van der Waals surface area (Å²) in [5.41, 5.74) is 1.58. The van der Waals surface area contributed by atoms with Gasteiger partial charge in [0.1, 0.15) is 24.0 Å². The Balaban J connectivity index is 1.29. The van der Waals surface area contributed by atoms with Crippen LogP contribution in [0.2, 0.25) is 0 Å². The highest BCUT2D eigenvalue weighted by Gasteiger charge is 2.36. The predicted molar refractivity (Wildman–Crippen MR) is 139 cm³/mol.